The molecular formula is C13H15N5O2S2. The van der Waals surface area contributed by atoms with Crippen molar-refractivity contribution in [2.75, 3.05) is 6.54 Å². The second-order valence-corrected chi connectivity index (χ2v) is 7.10. The van der Waals surface area contributed by atoms with Gasteiger partial charge in [0.1, 0.15) is 15.9 Å². The molecule has 0 amide bonds. The summed E-state index contributed by atoms with van der Waals surface area (Å²) in [7, 11) is -3.58. The first-order valence-electron chi connectivity index (χ1n) is 6.77. The lowest BCUT2D eigenvalue weighted by molar-refractivity contribution is 0.546. The Balaban J connectivity index is 1.66. The Bertz CT molecular complexity index is 885. The average Bonchev–Trinajstić information content (AvgIpc) is 3.12. The summed E-state index contributed by atoms with van der Waals surface area (Å²) >= 11 is 1.01. The smallest absolute Gasteiger partial charge is 0.242 e. The lowest BCUT2D eigenvalue weighted by Gasteiger charge is -2.08. The second kappa shape index (κ2) is 6.11. The van der Waals surface area contributed by atoms with Gasteiger partial charge >= 0.3 is 0 Å². The van der Waals surface area contributed by atoms with Crippen molar-refractivity contribution in [3.8, 4) is 0 Å². The van der Waals surface area contributed by atoms with Crippen LogP contribution in [0.25, 0.3) is 11.0 Å². The SMILES string of the molecule is Cc1ccnn1CCCNS(=O)(=O)c1cccc2nsnc12. The van der Waals surface area contributed by atoms with Crippen LogP contribution in [-0.2, 0) is 16.6 Å². The molecule has 9 heteroatoms. The summed E-state index contributed by atoms with van der Waals surface area (Å²) in [4.78, 5) is 0.175. The molecule has 0 atom stereocenters. The number of benzene rings is 1. The normalized spacial score (nSPS) is 12.0. The lowest BCUT2D eigenvalue weighted by Crippen LogP contribution is -2.26. The van der Waals surface area contributed by atoms with Gasteiger partial charge in [0.2, 0.25) is 10.0 Å². The molecule has 0 bridgehead atoms. The van der Waals surface area contributed by atoms with E-state index in [0.717, 1.165) is 17.4 Å². The van der Waals surface area contributed by atoms with Gasteiger partial charge in [-0.25, -0.2) is 13.1 Å². The molecule has 3 rings (SSSR count). The van der Waals surface area contributed by atoms with Crippen molar-refractivity contribution in [2.45, 2.75) is 24.8 Å². The molecule has 1 N–H and O–H groups in total. The molecule has 0 aliphatic heterocycles. The quantitative estimate of drug-likeness (QED) is 0.690. The number of aryl methyl sites for hydroxylation is 2. The van der Waals surface area contributed by atoms with E-state index in [9.17, 15) is 8.42 Å². The minimum atomic E-state index is -3.58. The van der Waals surface area contributed by atoms with E-state index in [1.54, 1.807) is 24.4 Å². The average molecular weight is 337 g/mol. The largest absolute Gasteiger partial charge is 0.270 e. The van der Waals surface area contributed by atoms with Crippen molar-refractivity contribution in [2.24, 2.45) is 0 Å². The van der Waals surface area contributed by atoms with E-state index in [0.29, 0.717) is 30.5 Å². The van der Waals surface area contributed by atoms with Crippen LogP contribution in [0, 0.1) is 6.92 Å². The number of hydrogen-bond donors (Lipinski definition) is 1. The maximum Gasteiger partial charge on any atom is 0.242 e. The van der Waals surface area contributed by atoms with E-state index >= 15 is 0 Å². The monoisotopic (exact) mass is 337 g/mol. The number of nitrogens with zero attached hydrogens (tertiary/aromatic N) is 4. The van der Waals surface area contributed by atoms with Gasteiger partial charge in [0, 0.05) is 25.0 Å². The lowest BCUT2D eigenvalue weighted by atomic mass is 10.3. The molecule has 0 aliphatic carbocycles. The van der Waals surface area contributed by atoms with Crippen molar-refractivity contribution in [3.63, 3.8) is 0 Å². The van der Waals surface area contributed by atoms with Gasteiger partial charge in [-0.15, -0.1) is 0 Å². The number of sulfonamides is 1. The van der Waals surface area contributed by atoms with E-state index in [1.807, 2.05) is 17.7 Å². The maximum absolute atomic E-state index is 12.4. The molecule has 3 aromatic rings. The van der Waals surface area contributed by atoms with Gasteiger partial charge in [-0.2, -0.15) is 13.8 Å². The first-order chi connectivity index (χ1) is 10.6. The number of hydrogen-bond acceptors (Lipinski definition) is 6. The Kier molecular flexibility index (Phi) is 4.19. The molecule has 0 aliphatic rings. The third kappa shape index (κ3) is 3.01. The summed E-state index contributed by atoms with van der Waals surface area (Å²) in [5.74, 6) is 0. The summed E-state index contributed by atoms with van der Waals surface area (Å²) in [5, 5.41) is 4.16. The fourth-order valence-corrected chi connectivity index (χ4v) is 3.98. The van der Waals surface area contributed by atoms with Crippen LogP contribution in [0.2, 0.25) is 0 Å². The minimum absolute atomic E-state index is 0.175. The highest BCUT2D eigenvalue weighted by Crippen LogP contribution is 2.20. The van der Waals surface area contributed by atoms with Crippen LogP contribution in [0.15, 0.2) is 35.4 Å². The van der Waals surface area contributed by atoms with E-state index in [4.69, 9.17) is 0 Å². The minimum Gasteiger partial charge on any atom is -0.270 e. The molecule has 116 valence electrons. The van der Waals surface area contributed by atoms with E-state index in [1.165, 1.54) is 0 Å². The van der Waals surface area contributed by atoms with Crippen LogP contribution < -0.4 is 4.72 Å². The van der Waals surface area contributed by atoms with Crippen molar-refractivity contribution in [1.29, 1.82) is 0 Å². The Hall–Kier alpha value is -1.84. The Morgan fingerprint density at radius 3 is 2.91 bits per heavy atom. The zero-order valence-electron chi connectivity index (χ0n) is 11.9. The Morgan fingerprint density at radius 1 is 1.27 bits per heavy atom. The number of fused-ring (bicyclic) bond motifs is 1. The molecule has 0 saturated heterocycles. The van der Waals surface area contributed by atoms with Crippen LogP contribution in [0.3, 0.4) is 0 Å². The number of rotatable bonds is 6. The van der Waals surface area contributed by atoms with Gasteiger partial charge in [0.15, 0.2) is 0 Å². The topological polar surface area (TPSA) is 89.8 Å². The van der Waals surface area contributed by atoms with E-state index in [-0.39, 0.29) is 4.90 Å². The first kappa shape index (κ1) is 15.1. The summed E-state index contributed by atoms with van der Waals surface area (Å²) in [6.45, 7) is 2.98. The molecule has 0 unspecified atom stereocenters. The summed E-state index contributed by atoms with van der Waals surface area (Å²) in [6, 6.07) is 6.88. The van der Waals surface area contributed by atoms with Crippen LogP contribution in [0.5, 0.6) is 0 Å². The van der Waals surface area contributed by atoms with Gasteiger partial charge in [0.25, 0.3) is 0 Å². The van der Waals surface area contributed by atoms with Crippen molar-refractivity contribution in [1.82, 2.24) is 23.2 Å². The van der Waals surface area contributed by atoms with Gasteiger partial charge < -0.3 is 0 Å². The number of nitrogens with one attached hydrogen (secondary N) is 1. The van der Waals surface area contributed by atoms with E-state index in [2.05, 4.69) is 18.6 Å². The molecule has 1 aromatic carbocycles. The molecule has 0 saturated carbocycles. The predicted octanol–water partition coefficient (Wildman–Crippen LogP) is 1.56. The summed E-state index contributed by atoms with van der Waals surface area (Å²) in [5.41, 5.74) is 2.07. The Labute approximate surface area is 132 Å². The third-order valence-electron chi connectivity index (χ3n) is 3.31. The van der Waals surface area contributed by atoms with Crippen LogP contribution in [0.4, 0.5) is 0 Å². The van der Waals surface area contributed by atoms with Gasteiger partial charge in [0.05, 0.1) is 11.7 Å². The second-order valence-electron chi connectivity index (χ2n) is 4.84. The van der Waals surface area contributed by atoms with Gasteiger partial charge in [-0.1, -0.05) is 6.07 Å². The van der Waals surface area contributed by atoms with Crippen molar-refractivity contribution < 1.29 is 8.42 Å². The van der Waals surface area contributed by atoms with Crippen molar-refractivity contribution >= 4 is 32.8 Å². The molecule has 2 aromatic heterocycles. The number of aromatic nitrogens is 4. The van der Waals surface area contributed by atoms with E-state index < -0.39 is 10.0 Å². The highest BCUT2D eigenvalue weighted by Gasteiger charge is 2.18. The molecule has 2 heterocycles. The molecule has 7 nitrogen and oxygen atoms in total. The van der Waals surface area contributed by atoms with Crippen LogP contribution in [-0.4, -0.2) is 33.5 Å². The Morgan fingerprint density at radius 2 is 2.14 bits per heavy atom. The zero-order valence-corrected chi connectivity index (χ0v) is 13.6. The molecule has 0 spiro atoms. The molecule has 0 radical (unpaired) electrons. The van der Waals surface area contributed by atoms with Crippen LogP contribution >= 0.6 is 11.7 Å². The standard InChI is InChI=1S/C13H15N5O2S2/c1-10-6-8-14-18(10)9-3-7-15-22(19,20)12-5-2-4-11-13(12)17-21-16-11/h2,4-6,8,15H,3,7,9H2,1H3. The third-order valence-corrected chi connectivity index (χ3v) is 5.34. The summed E-state index contributed by atoms with van der Waals surface area (Å²) < 4.78 is 37.3. The summed E-state index contributed by atoms with van der Waals surface area (Å²) in [6.07, 6.45) is 2.39. The fourth-order valence-electron chi connectivity index (χ4n) is 2.14. The predicted molar refractivity (Wildman–Crippen MR) is 84.2 cm³/mol. The van der Waals surface area contributed by atoms with Crippen LogP contribution in [0.1, 0.15) is 12.1 Å². The molecule has 22 heavy (non-hydrogen) atoms. The van der Waals surface area contributed by atoms with Crippen molar-refractivity contribution in [3.05, 3.63) is 36.2 Å². The maximum atomic E-state index is 12.4. The molecular weight excluding hydrogens is 322 g/mol. The highest BCUT2D eigenvalue weighted by molar-refractivity contribution is 7.89. The van der Waals surface area contributed by atoms with Gasteiger partial charge in [-0.3, -0.25) is 4.68 Å². The fraction of sp³-hybridized carbons (Fsp3) is 0.308. The first-order valence-corrected chi connectivity index (χ1v) is 8.99. The molecule has 0 fully saturated rings. The highest BCUT2D eigenvalue weighted by atomic mass is 32.2. The van der Waals surface area contributed by atoms with Gasteiger partial charge in [-0.05, 0) is 31.5 Å². The zero-order chi connectivity index (χ0) is 15.6.